The third kappa shape index (κ3) is 3.09. The number of ether oxygens (including phenoxy) is 1. The molecule has 0 unspecified atom stereocenters. The van der Waals surface area contributed by atoms with Crippen molar-refractivity contribution in [3.05, 3.63) is 90.5 Å². The number of amides is 1. The van der Waals surface area contributed by atoms with E-state index in [4.69, 9.17) is 4.74 Å². The lowest BCUT2D eigenvalue weighted by Crippen LogP contribution is -2.26. The Balaban J connectivity index is 2.13. The minimum atomic E-state index is -0.0960. The summed E-state index contributed by atoms with van der Waals surface area (Å²) in [6.07, 6.45) is 0. The van der Waals surface area contributed by atoms with Crippen LogP contribution in [0.25, 0.3) is 0 Å². The van der Waals surface area contributed by atoms with Crippen molar-refractivity contribution in [2.75, 3.05) is 12.0 Å². The molecule has 0 bridgehead atoms. The third-order valence-electron chi connectivity index (χ3n) is 3.56. The van der Waals surface area contributed by atoms with E-state index < -0.39 is 0 Å². The molecule has 0 saturated heterocycles. The molecular formula is C20H17NO2. The monoisotopic (exact) mass is 303 g/mol. The summed E-state index contributed by atoms with van der Waals surface area (Å²) < 4.78 is 5.44. The molecule has 0 heterocycles. The zero-order chi connectivity index (χ0) is 16.1. The number of hydrogen-bond donors (Lipinski definition) is 0. The highest BCUT2D eigenvalue weighted by Crippen LogP contribution is 2.34. The van der Waals surface area contributed by atoms with Crippen molar-refractivity contribution < 1.29 is 9.53 Å². The van der Waals surface area contributed by atoms with E-state index in [0.717, 1.165) is 11.4 Å². The maximum atomic E-state index is 13.1. The average molecular weight is 303 g/mol. The van der Waals surface area contributed by atoms with Crippen LogP contribution in [0.4, 0.5) is 11.4 Å². The number of carbonyl (C=O) groups is 1. The first-order valence-corrected chi connectivity index (χ1v) is 7.39. The first-order valence-electron chi connectivity index (χ1n) is 7.39. The van der Waals surface area contributed by atoms with Crippen molar-refractivity contribution >= 4 is 17.3 Å². The van der Waals surface area contributed by atoms with Crippen molar-refractivity contribution in [3.63, 3.8) is 0 Å². The molecule has 0 radical (unpaired) electrons. The van der Waals surface area contributed by atoms with Gasteiger partial charge in [0, 0.05) is 11.3 Å². The third-order valence-corrected chi connectivity index (χ3v) is 3.56. The largest absolute Gasteiger partial charge is 0.495 e. The van der Waals surface area contributed by atoms with Crippen LogP contribution in [0, 0.1) is 0 Å². The number of methoxy groups -OCH3 is 1. The van der Waals surface area contributed by atoms with Crippen LogP contribution in [0.15, 0.2) is 84.9 Å². The Bertz CT molecular complexity index is 785. The molecule has 3 aromatic rings. The van der Waals surface area contributed by atoms with Gasteiger partial charge in [-0.25, -0.2) is 0 Å². The fraction of sp³-hybridized carbons (Fsp3) is 0.0500. The zero-order valence-electron chi connectivity index (χ0n) is 12.8. The number of benzene rings is 3. The molecule has 0 aliphatic rings. The lowest BCUT2D eigenvalue weighted by atomic mass is 10.1. The van der Waals surface area contributed by atoms with Crippen LogP contribution in [-0.4, -0.2) is 13.0 Å². The van der Waals surface area contributed by atoms with Crippen LogP contribution in [-0.2, 0) is 0 Å². The average Bonchev–Trinajstić information content (AvgIpc) is 2.64. The first-order chi connectivity index (χ1) is 11.3. The normalized spacial score (nSPS) is 10.1. The lowest BCUT2D eigenvalue weighted by Gasteiger charge is -2.24. The van der Waals surface area contributed by atoms with Gasteiger partial charge in [-0.3, -0.25) is 9.69 Å². The summed E-state index contributed by atoms with van der Waals surface area (Å²) in [7, 11) is 1.61. The van der Waals surface area contributed by atoms with Gasteiger partial charge in [0.1, 0.15) is 5.75 Å². The fourth-order valence-corrected chi connectivity index (χ4v) is 2.47. The number of hydrogen-bond acceptors (Lipinski definition) is 2. The second kappa shape index (κ2) is 6.79. The predicted molar refractivity (Wildman–Crippen MR) is 92.3 cm³/mol. The van der Waals surface area contributed by atoms with Crippen molar-refractivity contribution in [1.82, 2.24) is 0 Å². The second-order valence-electron chi connectivity index (χ2n) is 5.01. The van der Waals surface area contributed by atoms with Gasteiger partial charge in [0.15, 0.2) is 0 Å². The number of carbonyl (C=O) groups excluding carboxylic acids is 1. The van der Waals surface area contributed by atoms with Crippen molar-refractivity contribution in [3.8, 4) is 5.75 Å². The van der Waals surface area contributed by atoms with Crippen LogP contribution < -0.4 is 9.64 Å². The molecule has 0 N–H and O–H groups in total. The SMILES string of the molecule is COc1ccccc1N(C(=O)c1ccccc1)c1ccccc1. The molecule has 0 aliphatic heterocycles. The molecule has 0 saturated carbocycles. The van der Waals surface area contributed by atoms with Gasteiger partial charge >= 0.3 is 0 Å². The van der Waals surface area contributed by atoms with Gasteiger partial charge in [0.25, 0.3) is 5.91 Å². The van der Waals surface area contributed by atoms with Gasteiger partial charge in [-0.2, -0.15) is 0 Å². The van der Waals surface area contributed by atoms with Crippen LogP contribution in [0.3, 0.4) is 0 Å². The van der Waals surface area contributed by atoms with E-state index in [0.29, 0.717) is 11.3 Å². The molecule has 3 heteroatoms. The Kier molecular flexibility index (Phi) is 4.39. The van der Waals surface area contributed by atoms with Crippen molar-refractivity contribution in [1.29, 1.82) is 0 Å². The summed E-state index contributed by atoms with van der Waals surface area (Å²) in [6.45, 7) is 0. The minimum Gasteiger partial charge on any atom is -0.495 e. The van der Waals surface area contributed by atoms with Crippen molar-refractivity contribution in [2.45, 2.75) is 0 Å². The van der Waals surface area contributed by atoms with Crippen LogP contribution in [0.1, 0.15) is 10.4 Å². The molecule has 23 heavy (non-hydrogen) atoms. The van der Waals surface area contributed by atoms with Gasteiger partial charge in [0.05, 0.1) is 12.8 Å². The van der Waals surface area contributed by atoms with Gasteiger partial charge in [-0.1, -0.05) is 48.5 Å². The Labute approximate surface area is 135 Å². The summed E-state index contributed by atoms with van der Waals surface area (Å²) in [5.74, 6) is 0.557. The molecule has 0 fully saturated rings. The van der Waals surface area contributed by atoms with Gasteiger partial charge in [0.2, 0.25) is 0 Å². The standard InChI is InChI=1S/C20H17NO2/c1-23-19-15-9-8-14-18(19)21(17-12-6-3-7-13-17)20(22)16-10-4-2-5-11-16/h2-15H,1H3. The Morgan fingerprint density at radius 3 is 2.00 bits per heavy atom. The quantitative estimate of drug-likeness (QED) is 0.700. The summed E-state index contributed by atoms with van der Waals surface area (Å²) in [6, 6.07) is 26.3. The fourth-order valence-electron chi connectivity index (χ4n) is 2.47. The van der Waals surface area contributed by atoms with E-state index in [2.05, 4.69) is 0 Å². The molecule has 0 aromatic heterocycles. The molecule has 0 atom stereocenters. The number of para-hydroxylation sites is 3. The van der Waals surface area contributed by atoms with E-state index in [9.17, 15) is 4.79 Å². The van der Waals surface area contributed by atoms with Gasteiger partial charge in [-0.05, 0) is 36.4 Å². The summed E-state index contributed by atoms with van der Waals surface area (Å²) >= 11 is 0. The van der Waals surface area contributed by atoms with E-state index in [1.54, 1.807) is 12.0 Å². The zero-order valence-corrected chi connectivity index (χ0v) is 12.8. The smallest absolute Gasteiger partial charge is 0.262 e. The molecule has 114 valence electrons. The maximum Gasteiger partial charge on any atom is 0.262 e. The first kappa shape index (κ1) is 14.9. The minimum absolute atomic E-state index is 0.0960. The predicted octanol–water partition coefficient (Wildman–Crippen LogP) is 4.67. The van der Waals surface area contributed by atoms with Crippen LogP contribution in [0.5, 0.6) is 5.75 Å². The molecule has 0 spiro atoms. The lowest BCUT2D eigenvalue weighted by molar-refractivity contribution is 0.0998. The Hall–Kier alpha value is -3.07. The molecule has 3 nitrogen and oxygen atoms in total. The van der Waals surface area contributed by atoms with Gasteiger partial charge in [-0.15, -0.1) is 0 Å². The maximum absolute atomic E-state index is 13.1. The highest BCUT2D eigenvalue weighted by molar-refractivity contribution is 6.11. The molecule has 0 aliphatic carbocycles. The second-order valence-corrected chi connectivity index (χ2v) is 5.01. The topological polar surface area (TPSA) is 29.5 Å². The molecular weight excluding hydrogens is 286 g/mol. The number of nitrogens with zero attached hydrogens (tertiary/aromatic N) is 1. The van der Waals surface area contributed by atoms with E-state index in [-0.39, 0.29) is 5.91 Å². The van der Waals surface area contributed by atoms with Crippen LogP contribution >= 0.6 is 0 Å². The molecule has 1 amide bonds. The van der Waals surface area contributed by atoms with Crippen molar-refractivity contribution in [2.24, 2.45) is 0 Å². The molecule has 3 rings (SSSR count). The van der Waals surface area contributed by atoms with Crippen LogP contribution in [0.2, 0.25) is 0 Å². The Morgan fingerprint density at radius 2 is 1.35 bits per heavy atom. The highest BCUT2D eigenvalue weighted by Gasteiger charge is 2.22. The molecule has 3 aromatic carbocycles. The van der Waals surface area contributed by atoms with E-state index >= 15 is 0 Å². The summed E-state index contributed by atoms with van der Waals surface area (Å²) in [5.41, 5.74) is 2.14. The number of anilines is 2. The summed E-state index contributed by atoms with van der Waals surface area (Å²) in [4.78, 5) is 14.8. The Morgan fingerprint density at radius 1 is 0.783 bits per heavy atom. The number of rotatable bonds is 4. The van der Waals surface area contributed by atoms with Gasteiger partial charge < -0.3 is 4.74 Å². The summed E-state index contributed by atoms with van der Waals surface area (Å²) in [5, 5.41) is 0. The van der Waals surface area contributed by atoms with E-state index in [1.165, 1.54) is 0 Å². The highest BCUT2D eigenvalue weighted by atomic mass is 16.5. The van der Waals surface area contributed by atoms with E-state index in [1.807, 2.05) is 84.9 Å².